The van der Waals surface area contributed by atoms with Gasteiger partial charge in [-0.05, 0) is 13.3 Å². The van der Waals surface area contributed by atoms with Crippen molar-refractivity contribution in [2.75, 3.05) is 0 Å². The molecule has 5 N–H and O–H groups in total. The first-order chi connectivity index (χ1) is 3.27. The van der Waals surface area contributed by atoms with E-state index in [1.54, 1.807) is 0 Å². The Labute approximate surface area is 52.0 Å². The van der Waals surface area contributed by atoms with Crippen LogP contribution >= 0.6 is 0 Å². The highest BCUT2D eigenvalue weighted by Gasteiger charge is 1.88. The molecule has 0 bridgehead atoms. The Kier molecular flexibility index (Phi) is 9.36. The first-order valence-corrected chi connectivity index (χ1v) is 3.03. The van der Waals surface area contributed by atoms with Crippen molar-refractivity contribution in [1.82, 2.24) is 6.15 Å². The van der Waals surface area contributed by atoms with Gasteiger partial charge in [0.25, 0.3) is 0 Å². The number of hydrogen-bond donors (Lipinski definition) is 2. The molecule has 0 aliphatic rings. The second-order valence-electron chi connectivity index (χ2n) is 2.12. The maximum Gasteiger partial charge on any atom is 0.00104 e. The largest absolute Gasteiger partial charge is 0.344 e. The van der Waals surface area contributed by atoms with E-state index in [-0.39, 0.29) is 6.15 Å². The monoisotopic (exact) mass is 118 g/mol. The molecule has 0 aromatic rings. The first-order valence-electron chi connectivity index (χ1n) is 3.03. The van der Waals surface area contributed by atoms with Crippen molar-refractivity contribution in [2.45, 2.75) is 39.2 Å². The third kappa shape index (κ3) is 9.33. The van der Waals surface area contributed by atoms with E-state index in [2.05, 4.69) is 13.8 Å². The first kappa shape index (κ1) is 10.8. The van der Waals surface area contributed by atoms with Crippen LogP contribution < -0.4 is 11.9 Å². The number of nitrogens with two attached hydrogens (primary N) is 1. The van der Waals surface area contributed by atoms with Crippen LogP contribution in [0.3, 0.4) is 0 Å². The average Bonchev–Trinajstić information content (AvgIpc) is 1.61. The summed E-state index contributed by atoms with van der Waals surface area (Å²) in [7, 11) is 0. The quantitative estimate of drug-likeness (QED) is 0.592. The zero-order chi connectivity index (χ0) is 5.70. The minimum atomic E-state index is 0. The van der Waals surface area contributed by atoms with Gasteiger partial charge in [0, 0.05) is 6.04 Å². The summed E-state index contributed by atoms with van der Waals surface area (Å²) in [4.78, 5) is 0. The lowest BCUT2D eigenvalue weighted by atomic mass is 10.2. The van der Waals surface area contributed by atoms with E-state index in [9.17, 15) is 0 Å². The van der Waals surface area contributed by atoms with Crippen LogP contribution in [0.15, 0.2) is 0 Å². The molecule has 0 saturated carbocycles. The van der Waals surface area contributed by atoms with Gasteiger partial charge in [-0.15, -0.1) is 0 Å². The zero-order valence-corrected chi connectivity index (χ0v) is 5.98. The van der Waals surface area contributed by atoms with E-state index in [0.717, 1.165) is 0 Å². The summed E-state index contributed by atoms with van der Waals surface area (Å²) >= 11 is 0. The molecule has 0 heterocycles. The van der Waals surface area contributed by atoms with Crippen LogP contribution in [0.5, 0.6) is 0 Å². The summed E-state index contributed by atoms with van der Waals surface area (Å²) < 4.78 is 0. The topological polar surface area (TPSA) is 61.0 Å². The van der Waals surface area contributed by atoms with Gasteiger partial charge in [-0.25, -0.2) is 0 Å². The zero-order valence-electron chi connectivity index (χ0n) is 5.98. The molecule has 0 aromatic heterocycles. The minimum Gasteiger partial charge on any atom is -0.344 e. The standard InChI is InChI=1S/C6H15N.H3N/c1-3-4-5-6(2)7;/h6H,3-5,7H2,1-2H3;1H3. The van der Waals surface area contributed by atoms with Crippen LogP contribution in [0.1, 0.15) is 33.1 Å². The van der Waals surface area contributed by atoms with Gasteiger partial charge in [-0.3, -0.25) is 0 Å². The predicted molar refractivity (Wildman–Crippen MR) is 38.2 cm³/mol. The van der Waals surface area contributed by atoms with Crippen molar-refractivity contribution >= 4 is 0 Å². The highest BCUT2D eigenvalue weighted by atomic mass is 14.6. The molecular weight excluding hydrogens is 100 g/mol. The molecule has 0 saturated heterocycles. The van der Waals surface area contributed by atoms with Gasteiger partial charge >= 0.3 is 0 Å². The summed E-state index contributed by atoms with van der Waals surface area (Å²) in [6.45, 7) is 4.23. The van der Waals surface area contributed by atoms with Crippen LogP contribution in [-0.4, -0.2) is 6.04 Å². The Morgan fingerprint density at radius 3 is 2.12 bits per heavy atom. The Morgan fingerprint density at radius 1 is 1.50 bits per heavy atom. The van der Waals surface area contributed by atoms with Gasteiger partial charge in [-0.1, -0.05) is 19.8 Å². The Morgan fingerprint density at radius 2 is 2.00 bits per heavy atom. The normalized spacial score (nSPS) is 12.4. The van der Waals surface area contributed by atoms with Gasteiger partial charge in [0.15, 0.2) is 0 Å². The van der Waals surface area contributed by atoms with Crippen LogP contribution in [0.25, 0.3) is 0 Å². The van der Waals surface area contributed by atoms with Crippen molar-refractivity contribution in [3.63, 3.8) is 0 Å². The molecule has 0 radical (unpaired) electrons. The molecule has 2 heteroatoms. The van der Waals surface area contributed by atoms with Crippen LogP contribution in [0.4, 0.5) is 0 Å². The number of hydrogen-bond acceptors (Lipinski definition) is 2. The minimum absolute atomic E-state index is 0. The van der Waals surface area contributed by atoms with Crippen LogP contribution in [-0.2, 0) is 0 Å². The molecule has 52 valence electrons. The molecule has 8 heavy (non-hydrogen) atoms. The highest BCUT2D eigenvalue weighted by molar-refractivity contribution is 4.50. The molecular formula is C6H18N2. The molecule has 2 nitrogen and oxygen atoms in total. The Balaban J connectivity index is 0. The van der Waals surface area contributed by atoms with Crippen molar-refractivity contribution in [3.05, 3.63) is 0 Å². The van der Waals surface area contributed by atoms with Gasteiger partial charge in [0.05, 0.1) is 0 Å². The van der Waals surface area contributed by atoms with E-state index in [1.807, 2.05) is 0 Å². The van der Waals surface area contributed by atoms with E-state index in [0.29, 0.717) is 6.04 Å². The van der Waals surface area contributed by atoms with Gasteiger partial charge < -0.3 is 11.9 Å². The lowest BCUT2D eigenvalue weighted by Gasteiger charge is -1.99. The van der Waals surface area contributed by atoms with Crippen molar-refractivity contribution < 1.29 is 0 Å². The third-order valence-corrected chi connectivity index (χ3v) is 1.01. The maximum atomic E-state index is 5.48. The third-order valence-electron chi connectivity index (χ3n) is 1.01. The van der Waals surface area contributed by atoms with Crippen LogP contribution in [0, 0.1) is 0 Å². The molecule has 0 aromatic carbocycles. The predicted octanol–water partition coefficient (Wildman–Crippen LogP) is 1.69. The molecule has 0 aliphatic heterocycles. The van der Waals surface area contributed by atoms with Gasteiger partial charge in [0.2, 0.25) is 0 Å². The molecule has 1 unspecified atom stereocenters. The molecule has 1 atom stereocenters. The van der Waals surface area contributed by atoms with Gasteiger partial charge in [0.1, 0.15) is 0 Å². The Hall–Kier alpha value is -0.0800. The number of rotatable bonds is 3. The Bertz CT molecular complexity index is 35.5. The van der Waals surface area contributed by atoms with E-state index in [1.165, 1.54) is 19.3 Å². The second kappa shape index (κ2) is 6.92. The fraction of sp³-hybridized carbons (Fsp3) is 1.00. The fourth-order valence-electron chi connectivity index (χ4n) is 0.526. The summed E-state index contributed by atoms with van der Waals surface area (Å²) in [5.41, 5.74) is 5.48. The summed E-state index contributed by atoms with van der Waals surface area (Å²) in [6.07, 6.45) is 3.72. The van der Waals surface area contributed by atoms with Crippen LogP contribution in [0.2, 0.25) is 0 Å². The molecule has 0 fully saturated rings. The van der Waals surface area contributed by atoms with Crippen molar-refractivity contribution in [2.24, 2.45) is 5.73 Å². The molecule has 0 aliphatic carbocycles. The number of unbranched alkanes of at least 4 members (excludes halogenated alkanes) is 1. The summed E-state index contributed by atoms with van der Waals surface area (Å²) in [5, 5.41) is 0. The molecule has 0 spiro atoms. The lowest BCUT2D eigenvalue weighted by molar-refractivity contribution is 0.616. The summed E-state index contributed by atoms with van der Waals surface area (Å²) in [6, 6.07) is 0.403. The van der Waals surface area contributed by atoms with Gasteiger partial charge in [-0.2, -0.15) is 0 Å². The van der Waals surface area contributed by atoms with E-state index in [4.69, 9.17) is 5.73 Å². The average molecular weight is 118 g/mol. The smallest absolute Gasteiger partial charge is 0.00104 e. The summed E-state index contributed by atoms with van der Waals surface area (Å²) in [5.74, 6) is 0. The van der Waals surface area contributed by atoms with Crippen molar-refractivity contribution in [1.29, 1.82) is 0 Å². The molecule has 0 rings (SSSR count). The fourth-order valence-corrected chi connectivity index (χ4v) is 0.526. The van der Waals surface area contributed by atoms with E-state index >= 15 is 0 Å². The SMILES string of the molecule is CCCCC(C)N.N. The lowest BCUT2D eigenvalue weighted by Crippen LogP contribution is -2.13. The van der Waals surface area contributed by atoms with E-state index < -0.39 is 0 Å². The van der Waals surface area contributed by atoms with Crippen molar-refractivity contribution in [3.8, 4) is 0 Å². The molecule has 0 amide bonds. The maximum absolute atomic E-state index is 5.48. The second-order valence-corrected chi connectivity index (χ2v) is 2.12. The highest BCUT2D eigenvalue weighted by Crippen LogP contribution is 1.95.